The van der Waals surface area contributed by atoms with Crippen LogP contribution in [0.5, 0.6) is 5.75 Å². The highest BCUT2D eigenvalue weighted by Gasteiger charge is 2.17. The standard InChI is InChI=1S/C21H34N2O3/c1-6-7-8-9-14-22-18-13-12-17(15-19(18)24)11-10-16(2)23-20(25)26-21(3,4)5/h6,12-13,15-16,22,24H,1,7-11,14H2,2-5H3,(H,23,25). The van der Waals surface area contributed by atoms with E-state index in [0.29, 0.717) is 0 Å². The summed E-state index contributed by atoms with van der Waals surface area (Å²) in [7, 11) is 0. The molecule has 5 nitrogen and oxygen atoms in total. The zero-order valence-electron chi connectivity index (χ0n) is 16.6. The van der Waals surface area contributed by atoms with Crippen molar-refractivity contribution in [3.05, 3.63) is 36.4 Å². The zero-order valence-corrected chi connectivity index (χ0v) is 16.6. The molecule has 1 aromatic rings. The molecule has 0 saturated heterocycles. The zero-order chi connectivity index (χ0) is 19.6. The van der Waals surface area contributed by atoms with Crippen LogP contribution in [0.4, 0.5) is 10.5 Å². The number of carbonyl (C=O) groups excluding carboxylic acids is 1. The first kappa shape index (κ1) is 21.9. The van der Waals surface area contributed by atoms with Crippen molar-refractivity contribution in [3.63, 3.8) is 0 Å². The minimum absolute atomic E-state index is 0.00495. The maximum absolute atomic E-state index is 11.8. The molecule has 0 saturated carbocycles. The van der Waals surface area contributed by atoms with E-state index in [0.717, 1.165) is 49.9 Å². The molecule has 1 unspecified atom stereocenters. The quantitative estimate of drug-likeness (QED) is 0.311. The Morgan fingerprint density at radius 2 is 2.08 bits per heavy atom. The van der Waals surface area contributed by atoms with Gasteiger partial charge in [0.05, 0.1) is 5.69 Å². The molecule has 0 fully saturated rings. The lowest BCUT2D eigenvalue weighted by Crippen LogP contribution is -2.37. The first-order chi connectivity index (χ1) is 12.2. The van der Waals surface area contributed by atoms with Crippen molar-refractivity contribution in [2.75, 3.05) is 11.9 Å². The minimum atomic E-state index is -0.496. The van der Waals surface area contributed by atoms with E-state index in [9.17, 15) is 9.90 Å². The Bertz CT molecular complexity index is 579. The van der Waals surface area contributed by atoms with E-state index in [2.05, 4.69) is 17.2 Å². The third-order valence-electron chi connectivity index (χ3n) is 3.84. The summed E-state index contributed by atoms with van der Waals surface area (Å²) < 4.78 is 5.25. The fourth-order valence-corrected chi connectivity index (χ4v) is 2.48. The maximum Gasteiger partial charge on any atom is 0.407 e. The molecular weight excluding hydrogens is 328 g/mol. The lowest BCUT2D eigenvalue weighted by molar-refractivity contribution is 0.0506. The van der Waals surface area contributed by atoms with Gasteiger partial charge in [-0.25, -0.2) is 4.79 Å². The molecule has 0 radical (unpaired) electrons. The molecule has 5 heteroatoms. The minimum Gasteiger partial charge on any atom is -0.506 e. The summed E-state index contributed by atoms with van der Waals surface area (Å²) in [4.78, 5) is 11.8. The summed E-state index contributed by atoms with van der Waals surface area (Å²) in [5, 5.41) is 16.3. The number of ether oxygens (including phenoxy) is 1. The second-order valence-corrected chi connectivity index (χ2v) is 7.65. The molecule has 3 N–H and O–H groups in total. The van der Waals surface area contributed by atoms with E-state index in [-0.39, 0.29) is 11.8 Å². The number of phenolic OH excluding ortho intramolecular Hbond substituents is 1. The van der Waals surface area contributed by atoms with Crippen LogP contribution in [0.2, 0.25) is 0 Å². The molecule has 0 aromatic heterocycles. The molecule has 1 amide bonds. The third kappa shape index (κ3) is 9.35. The Morgan fingerprint density at radius 3 is 2.69 bits per heavy atom. The molecular formula is C21H34N2O3. The van der Waals surface area contributed by atoms with Gasteiger partial charge in [0.1, 0.15) is 11.4 Å². The molecule has 0 bridgehead atoms. The predicted octanol–water partition coefficient (Wildman–Crippen LogP) is 5.01. The average Bonchev–Trinajstić information content (AvgIpc) is 2.52. The number of hydrogen-bond donors (Lipinski definition) is 3. The summed E-state index contributed by atoms with van der Waals surface area (Å²) >= 11 is 0. The maximum atomic E-state index is 11.8. The van der Waals surface area contributed by atoms with Crippen LogP contribution in [0.25, 0.3) is 0 Å². The van der Waals surface area contributed by atoms with Gasteiger partial charge >= 0.3 is 6.09 Å². The van der Waals surface area contributed by atoms with Gasteiger partial charge in [0.15, 0.2) is 0 Å². The molecule has 0 aliphatic carbocycles. The van der Waals surface area contributed by atoms with Gasteiger partial charge in [0, 0.05) is 12.6 Å². The average molecular weight is 363 g/mol. The van der Waals surface area contributed by atoms with Crippen molar-refractivity contribution in [2.24, 2.45) is 0 Å². The fourth-order valence-electron chi connectivity index (χ4n) is 2.48. The number of anilines is 1. The van der Waals surface area contributed by atoms with Crippen LogP contribution in [0.1, 0.15) is 58.9 Å². The fraction of sp³-hybridized carbons (Fsp3) is 0.571. The van der Waals surface area contributed by atoms with Crippen LogP contribution in [0, 0.1) is 0 Å². The van der Waals surface area contributed by atoms with Gasteiger partial charge in [-0.05, 0) is 77.5 Å². The van der Waals surface area contributed by atoms with E-state index < -0.39 is 11.7 Å². The van der Waals surface area contributed by atoms with Gasteiger partial charge in [-0.15, -0.1) is 6.58 Å². The van der Waals surface area contributed by atoms with Crippen molar-refractivity contribution in [3.8, 4) is 5.75 Å². The first-order valence-electron chi connectivity index (χ1n) is 9.37. The van der Waals surface area contributed by atoms with Crippen LogP contribution in [-0.4, -0.2) is 29.4 Å². The largest absolute Gasteiger partial charge is 0.506 e. The Labute approximate surface area is 157 Å². The molecule has 1 rings (SSSR count). The SMILES string of the molecule is C=CCCCCNc1ccc(CCC(C)NC(=O)OC(C)(C)C)cc1O. The van der Waals surface area contributed by atoms with Crippen LogP contribution in [0.15, 0.2) is 30.9 Å². The van der Waals surface area contributed by atoms with E-state index in [1.165, 1.54) is 0 Å². The van der Waals surface area contributed by atoms with Gasteiger partial charge in [-0.3, -0.25) is 0 Å². The number of phenols is 1. The topological polar surface area (TPSA) is 70.6 Å². The highest BCUT2D eigenvalue weighted by atomic mass is 16.6. The predicted molar refractivity (Wildman–Crippen MR) is 108 cm³/mol. The number of rotatable bonds is 10. The number of alkyl carbamates (subject to hydrolysis) is 1. The summed E-state index contributed by atoms with van der Waals surface area (Å²) in [5.74, 6) is 0.263. The number of hydrogen-bond acceptors (Lipinski definition) is 4. The van der Waals surface area contributed by atoms with Crippen LogP contribution in [0.3, 0.4) is 0 Å². The summed E-state index contributed by atoms with van der Waals surface area (Å²) in [5.41, 5.74) is 1.30. The normalized spacial score (nSPS) is 12.3. The summed E-state index contributed by atoms with van der Waals surface area (Å²) in [6.07, 6.45) is 6.22. The first-order valence-corrected chi connectivity index (χ1v) is 9.37. The Balaban J connectivity index is 2.40. The molecule has 0 aliphatic heterocycles. The molecule has 1 atom stereocenters. The van der Waals surface area contributed by atoms with Crippen LogP contribution < -0.4 is 10.6 Å². The molecule has 1 aromatic carbocycles. The number of aryl methyl sites for hydroxylation is 1. The van der Waals surface area contributed by atoms with E-state index in [1.807, 2.05) is 45.9 Å². The van der Waals surface area contributed by atoms with Crippen molar-refractivity contribution in [1.82, 2.24) is 5.32 Å². The van der Waals surface area contributed by atoms with Crippen molar-refractivity contribution >= 4 is 11.8 Å². The van der Waals surface area contributed by atoms with Crippen molar-refractivity contribution in [2.45, 2.75) is 71.4 Å². The Kier molecular flexibility index (Phi) is 9.03. The molecule has 0 heterocycles. The molecule has 26 heavy (non-hydrogen) atoms. The highest BCUT2D eigenvalue weighted by molar-refractivity contribution is 5.68. The second-order valence-electron chi connectivity index (χ2n) is 7.65. The Hall–Kier alpha value is -2.17. The second kappa shape index (κ2) is 10.7. The lowest BCUT2D eigenvalue weighted by Gasteiger charge is -2.22. The highest BCUT2D eigenvalue weighted by Crippen LogP contribution is 2.25. The summed E-state index contributed by atoms with van der Waals surface area (Å²) in [6, 6.07) is 5.69. The van der Waals surface area contributed by atoms with Crippen LogP contribution >= 0.6 is 0 Å². The number of allylic oxidation sites excluding steroid dienone is 1. The van der Waals surface area contributed by atoms with Gasteiger partial charge < -0.3 is 20.5 Å². The van der Waals surface area contributed by atoms with E-state index >= 15 is 0 Å². The smallest absolute Gasteiger partial charge is 0.407 e. The number of aromatic hydroxyl groups is 1. The van der Waals surface area contributed by atoms with Crippen molar-refractivity contribution in [1.29, 1.82) is 0 Å². The van der Waals surface area contributed by atoms with Crippen LogP contribution in [-0.2, 0) is 11.2 Å². The van der Waals surface area contributed by atoms with Gasteiger partial charge in [-0.1, -0.05) is 12.1 Å². The number of nitrogens with one attached hydrogen (secondary N) is 2. The van der Waals surface area contributed by atoms with Gasteiger partial charge in [0.2, 0.25) is 0 Å². The lowest BCUT2D eigenvalue weighted by atomic mass is 10.1. The number of amides is 1. The van der Waals surface area contributed by atoms with E-state index in [1.54, 1.807) is 6.07 Å². The van der Waals surface area contributed by atoms with E-state index in [4.69, 9.17) is 4.74 Å². The molecule has 146 valence electrons. The van der Waals surface area contributed by atoms with Gasteiger partial charge in [-0.2, -0.15) is 0 Å². The molecule has 0 aliphatic rings. The molecule has 0 spiro atoms. The third-order valence-corrected chi connectivity index (χ3v) is 3.84. The number of benzene rings is 1. The monoisotopic (exact) mass is 362 g/mol. The van der Waals surface area contributed by atoms with Crippen molar-refractivity contribution < 1.29 is 14.6 Å². The number of carbonyl (C=O) groups is 1. The summed E-state index contributed by atoms with van der Waals surface area (Å²) in [6.45, 7) is 12.0. The number of unbranched alkanes of at least 4 members (excludes halogenated alkanes) is 2. The Morgan fingerprint density at radius 1 is 1.35 bits per heavy atom. The van der Waals surface area contributed by atoms with Gasteiger partial charge in [0.25, 0.3) is 0 Å².